The molecule has 3 aromatic carbocycles. The Morgan fingerprint density at radius 1 is 1.00 bits per heavy atom. The van der Waals surface area contributed by atoms with Crippen molar-refractivity contribution in [3.8, 4) is 11.1 Å². The van der Waals surface area contributed by atoms with Crippen molar-refractivity contribution in [1.29, 1.82) is 0 Å². The normalized spacial score (nSPS) is 24.7. The van der Waals surface area contributed by atoms with Crippen LogP contribution in [-0.2, 0) is 16.6 Å². The summed E-state index contributed by atoms with van der Waals surface area (Å²) in [5, 5.41) is 5.82. The summed E-state index contributed by atoms with van der Waals surface area (Å²) in [6.07, 6.45) is 3.66. The second-order valence-corrected chi connectivity index (χ2v) is 7.97. The minimum Gasteiger partial charge on any atom is -0.352 e. The van der Waals surface area contributed by atoms with Gasteiger partial charge in [-0.2, -0.15) is 0 Å². The Labute approximate surface area is 154 Å². The Morgan fingerprint density at radius 2 is 1.85 bits per heavy atom. The summed E-state index contributed by atoms with van der Waals surface area (Å²) < 4.78 is 0. The van der Waals surface area contributed by atoms with Crippen molar-refractivity contribution in [1.82, 2.24) is 5.32 Å². The van der Waals surface area contributed by atoms with Gasteiger partial charge in [0.25, 0.3) is 0 Å². The smallest absolute Gasteiger partial charge is 0.220 e. The Bertz CT molecular complexity index is 1020. The standard InChI is InChI=1S/C24H23NO/c1-24-14-13-23(26)25-22(24)12-10-18-15-17(9-11-21(18)24)20-8-4-6-16-5-2-3-7-19(16)20/h2-9,11,15,22H,10,12-14H2,1H3,(H,25,26)/t22?,24-/m1/s1. The number of piperidine rings is 1. The first-order chi connectivity index (χ1) is 12.6. The fraction of sp³-hybridized carbons (Fsp3) is 0.292. The van der Waals surface area contributed by atoms with Gasteiger partial charge in [-0.1, -0.05) is 67.6 Å². The fourth-order valence-corrected chi connectivity index (χ4v) is 4.99. The van der Waals surface area contributed by atoms with E-state index in [1.54, 1.807) is 0 Å². The summed E-state index contributed by atoms with van der Waals surface area (Å²) in [7, 11) is 0. The molecule has 1 N–H and O–H groups in total. The highest BCUT2D eigenvalue weighted by Crippen LogP contribution is 2.44. The summed E-state index contributed by atoms with van der Waals surface area (Å²) in [5.41, 5.74) is 5.54. The lowest BCUT2D eigenvalue weighted by atomic mass is 9.64. The zero-order chi connectivity index (χ0) is 17.7. The zero-order valence-corrected chi connectivity index (χ0v) is 15.1. The third kappa shape index (κ3) is 2.28. The minimum absolute atomic E-state index is 0.0682. The van der Waals surface area contributed by atoms with E-state index < -0.39 is 0 Å². The summed E-state index contributed by atoms with van der Waals surface area (Å²) >= 11 is 0. The number of rotatable bonds is 1. The molecule has 0 bridgehead atoms. The first kappa shape index (κ1) is 15.6. The van der Waals surface area contributed by atoms with Crippen LogP contribution in [0.5, 0.6) is 0 Å². The molecular weight excluding hydrogens is 318 g/mol. The van der Waals surface area contributed by atoms with Crippen LogP contribution in [0, 0.1) is 0 Å². The highest BCUT2D eigenvalue weighted by Gasteiger charge is 2.43. The van der Waals surface area contributed by atoms with Crippen LogP contribution in [0.1, 0.15) is 37.3 Å². The van der Waals surface area contributed by atoms with Crippen molar-refractivity contribution in [3.63, 3.8) is 0 Å². The highest BCUT2D eigenvalue weighted by atomic mass is 16.1. The Kier molecular flexibility index (Phi) is 3.43. The molecule has 3 aromatic rings. The maximum absolute atomic E-state index is 11.8. The van der Waals surface area contributed by atoms with E-state index in [1.165, 1.54) is 33.0 Å². The monoisotopic (exact) mass is 341 g/mol. The molecule has 0 saturated carbocycles. The largest absolute Gasteiger partial charge is 0.352 e. The lowest BCUT2D eigenvalue weighted by Crippen LogP contribution is -2.55. The van der Waals surface area contributed by atoms with Gasteiger partial charge in [-0.15, -0.1) is 0 Å². The lowest BCUT2D eigenvalue weighted by Gasteiger charge is -2.46. The first-order valence-corrected chi connectivity index (χ1v) is 9.56. The topological polar surface area (TPSA) is 29.1 Å². The van der Waals surface area contributed by atoms with Gasteiger partial charge in [-0.25, -0.2) is 0 Å². The van der Waals surface area contributed by atoms with Crippen LogP contribution in [0.25, 0.3) is 21.9 Å². The second-order valence-electron chi connectivity index (χ2n) is 7.97. The van der Waals surface area contributed by atoms with E-state index in [0.717, 1.165) is 19.3 Å². The number of aryl methyl sites for hydroxylation is 1. The van der Waals surface area contributed by atoms with Gasteiger partial charge in [0.15, 0.2) is 0 Å². The predicted octanol–water partition coefficient (Wildman–Crippen LogP) is 4.99. The number of hydrogen-bond donors (Lipinski definition) is 1. The summed E-state index contributed by atoms with van der Waals surface area (Å²) in [4.78, 5) is 11.8. The van der Waals surface area contributed by atoms with Gasteiger partial charge >= 0.3 is 0 Å². The molecule has 1 fully saturated rings. The average Bonchev–Trinajstić information content (AvgIpc) is 2.68. The molecule has 0 spiro atoms. The van der Waals surface area contributed by atoms with E-state index in [1.807, 2.05) is 0 Å². The molecule has 26 heavy (non-hydrogen) atoms. The van der Waals surface area contributed by atoms with Crippen molar-refractivity contribution in [2.45, 2.75) is 44.1 Å². The highest BCUT2D eigenvalue weighted by molar-refractivity contribution is 5.96. The Balaban J connectivity index is 1.62. The number of carbonyl (C=O) groups excluding carboxylic acids is 1. The van der Waals surface area contributed by atoms with Crippen LogP contribution in [0.15, 0.2) is 60.7 Å². The maximum atomic E-state index is 11.8. The van der Waals surface area contributed by atoms with Crippen LogP contribution in [0.4, 0.5) is 0 Å². The molecule has 1 heterocycles. The number of carbonyl (C=O) groups is 1. The maximum Gasteiger partial charge on any atom is 0.220 e. The van der Waals surface area contributed by atoms with Crippen LogP contribution >= 0.6 is 0 Å². The third-order valence-corrected chi connectivity index (χ3v) is 6.50. The average molecular weight is 341 g/mol. The van der Waals surface area contributed by atoms with Crippen molar-refractivity contribution in [2.75, 3.05) is 0 Å². The molecule has 1 saturated heterocycles. The van der Waals surface area contributed by atoms with Crippen LogP contribution < -0.4 is 5.32 Å². The molecule has 5 rings (SSSR count). The first-order valence-electron chi connectivity index (χ1n) is 9.56. The lowest BCUT2D eigenvalue weighted by molar-refractivity contribution is -0.125. The number of amides is 1. The zero-order valence-electron chi connectivity index (χ0n) is 15.1. The van der Waals surface area contributed by atoms with Gasteiger partial charge in [-0.05, 0) is 52.3 Å². The van der Waals surface area contributed by atoms with Crippen LogP contribution in [-0.4, -0.2) is 11.9 Å². The van der Waals surface area contributed by atoms with Gasteiger partial charge < -0.3 is 5.32 Å². The molecule has 0 aromatic heterocycles. The second kappa shape index (κ2) is 5.70. The Morgan fingerprint density at radius 3 is 2.77 bits per heavy atom. The van der Waals surface area contributed by atoms with E-state index in [9.17, 15) is 4.79 Å². The van der Waals surface area contributed by atoms with E-state index in [-0.39, 0.29) is 17.4 Å². The minimum atomic E-state index is 0.0682. The van der Waals surface area contributed by atoms with E-state index in [0.29, 0.717) is 6.42 Å². The SMILES string of the molecule is C[C@]12CCC(=O)NC1CCc1cc(-c3cccc4ccccc34)ccc12. The van der Waals surface area contributed by atoms with Gasteiger partial charge in [0, 0.05) is 17.9 Å². The summed E-state index contributed by atoms with van der Waals surface area (Å²) in [5.74, 6) is 0.211. The fourth-order valence-electron chi connectivity index (χ4n) is 4.99. The molecule has 1 unspecified atom stereocenters. The van der Waals surface area contributed by atoms with Gasteiger partial charge in [-0.3, -0.25) is 4.79 Å². The number of fused-ring (bicyclic) bond motifs is 4. The van der Waals surface area contributed by atoms with Crippen molar-refractivity contribution in [3.05, 3.63) is 71.8 Å². The summed E-state index contributed by atoms with van der Waals surface area (Å²) in [6.45, 7) is 2.33. The van der Waals surface area contributed by atoms with Gasteiger partial charge in [0.2, 0.25) is 5.91 Å². The quantitative estimate of drug-likeness (QED) is 0.664. The van der Waals surface area contributed by atoms with E-state index in [4.69, 9.17) is 0 Å². The van der Waals surface area contributed by atoms with Crippen LogP contribution in [0.3, 0.4) is 0 Å². The van der Waals surface area contributed by atoms with Crippen LogP contribution in [0.2, 0.25) is 0 Å². The Hall–Kier alpha value is -2.61. The molecule has 130 valence electrons. The number of hydrogen-bond acceptors (Lipinski definition) is 1. The predicted molar refractivity (Wildman–Crippen MR) is 106 cm³/mol. The number of benzene rings is 3. The molecule has 1 amide bonds. The molecule has 2 aliphatic rings. The summed E-state index contributed by atoms with van der Waals surface area (Å²) in [6, 6.07) is 22.4. The molecule has 0 radical (unpaired) electrons. The number of nitrogens with one attached hydrogen (secondary N) is 1. The van der Waals surface area contributed by atoms with E-state index >= 15 is 0 Å². The molecular formula is C24H23NO. The van der Waals surface area contributed by atoms with E-state index in [2.05, 4.69) is 72.9 Å². The molecule has 1 aliphatic carbocycles. The van der Waals surface area contributed by atoms with Crippen molar-refractivity contribution < 1.29 is 4.79 Å². The third-order valence-electron chi connectivity index (χ3n) is 6.50. The van der Waals surface area contributed by atoms with Crippen molar-refractivity contribution in [2.24, 2.45) is 0 Å². The molecule has 2 atom stereocenters. The van der Waals surface area contributed by atoms with Crippen molar-refractivity contribution >= 4 is 16.7 Å². The molecule has 2 nitrogen and oxygen atoms in total. The van der Waals surface area contributed by atoms with Gasteiger partial charge in [0.05, 0.1) is 0 Å². The molecule has 2 heteroatoms. The van der Waals surface area contributed by atoms with Gasteiger partial charge in [0.1, 0.15) is 0 Å². The molecule has 1 aliphatic heterocycles.